The van der Waals surface area contributed by atoms with Crippen LogP contribution in [0.4, 0.5) is 11.4 Å². The Balaban J connectivity index is 1.62. The minimum Gasteiger partial charge on any atom is -0.510 e. The fraction of sp³-hybridized carbons (Fsp3) is 0.517. The third-order valence-electron chi connectivity index (χ3n) is 9.04. The Hall–Kier alpha value is -3.94. The number of likely N-dealkylation sites (N-methyl/N-ethyl adjacent to an activating group) is 1. The van der Waals surface area contributed by atoms with Gasteiger partial charge in [-0.1, -0.05) is 0 Å². The van der Waals surface area contributed by atoms with Gasteiger partial charge in [-0.05, 0) is 70.4 Å². The van der Waals surface area contributed by atoms with Crippen molar-refractivity contribution in [3.63, 3.8) is 0 Å². The summed E-state index contributed by atoms with van der Waals surface area (Å²) in [6.07, 6.45) is 2.50. The molecular weight excluding hydrogens is 546 g/mol. The van der Waals surface area contributed by atoms with Crippen LogP contribution in [0.2, 0.25) is 0 Å². The SMILES string of the molecule is CN(C)c1cc(NC=O)c(O)c2c1CC1CC3[C@H](N(C)C)C(O)=C(C(=O)NCN4CCCC4)C(=O)[C@@]3(O)C(O)=C1C2=O. The molecule has 1 aromatic rings. The molecule has 42 heavy (non-hydrogen) atoms. The molecule has 2 amide bonds. The average Bonchev–Trinajstić information content (AvgIpc) is 3.44. The largest absolute Gasteiger partial charge is 0.510 e. The summed E-state index contributed by atoms with van der Waals surface area (Å²) in [5.41, 5.74) is -2.72. The number of carbonyl (C=O) groups excluding carboxylic acids is 4. The van der Waals surface area contributed by atoms with Gasteiger partial charge >= 0.3 is 0 Å². The van der Waals surface area contributed by atoms with Crippen LogP contribution < -0.4 is 15.5 Å². The molecule has 5 rings (SSSR count). The van der Waals surface area contributed by atoms with Gasteiger partial charge in [0.05, 0.1) is 24.0 Å². The van der Waals surface area contributed by atoms with Crippen LogP contribution in [0.3, 0.4) is 0 Å². The maximum absolute atomic E-state index is 14.0. The second-order valence-electron chi connectivity index (χ2n) is 11.9. The molecule has 13 nitrogen and oxygen atoms in total. The summed E-state index contributed by atoms with van der Waals surface area (Å²) in [5, 5.41) is 50.9. The number of aliphatic hydroxyl groups is 3. The zero-order chi connectivity index (χ0) is 30.7. The first-order valence-electron chi connectivity index (χ1n) is 14.0. The molecule has 226 valence electrons. The minimum atomic E-state index is -2.68. The van der Waals surface area contributed by atoms with Crippen molar-refractivity contribution in [2.24, 2.45) is 11.8 Å². The van der Waals surface area contributed by atoms with Crippen molar-refractivity contribution >= 4 is 35.3 Å². The molecule has 0 spiro atoms. The molecule has 0 aromatic heterocycles. The van der Waals surface area contributed by atoms with Crippen LogP contribution in [0.25, 0.3) is 0 Å². The number of nitrogens with one attached hydrogen (secondary N) is 2. The zero-order valence-corrected chi connectivity index (χ0v) is 24.1. The van der Waals surface area contributed by atoms with Crippen LogP contribution in [0.5, 0.6) is 5.75 Å². The topological polar surface area (TPSA) is 183 Å². The Morgan fingerprint density at radius 2 is 1.81 bits per heavy atom. The molecule has 6 N–H and O–H groups in total. The van der Waals surface area contributed by atoms with Gasteiger partial charge in [-0.2, -0.15) is 0 Å². The zero-order valence-electron chi connectivity index (χ0n) is 24.1. The monoisotopic (exact) mass is 583 g/mol. The van der Waals surface area contributed by atoms with E-state index in [1.54, 1.807) is 38.0 Å². The van der Waals surface area contributed by atoms with E-state index in [0.29, 0.717) is 17.7 Å². The number of benzene rings is 1. The normalized spacial score (nSPS) is 27.5. The van der Waals surface area contributed by atoms with Gasteiger partial charge in [0.25, 0.3) is 5.91 Å². The highest BCUT2D eigenvalue weighted by Crippen LogP contribution is 2.53. The third-order valence-corrected chi connectivity index (χ3v) is 9.04. The van der Waals surface area contributed by atoms with Crippen LogP contribution in [0.1, 0.15) is 35.2 Å². The fourth-order valence-corrected chi connectivity index (χ4v) is 7.07. The Labute approximate surface area is 243 Å². The first kappa shape index (κ1) is 29.5. The number of anilines is 2. The molecule has 0 bridgehead atoms. The van der Waals surface area contributed by atoms with E-state index in [9.17, 15) is 39.6 Å². The van der Waals surface area contributed by atoms with Crippen molar-refractivity contribution in [1.82, 2.24) is 15.1 Å². The van der Waals surface area contributed by atoms with Gasteiger partial charge < -0.3 is 36.0 Å². The summed E-state index contributed by atoms with van der Waals surface area (Å²) in [4.78, 5) is 57.6. The van der Waals surface area contributed by atoms with E-state index in [1.807, 2.05) is 4.90 Å². The number of Topliss-reactive ketones (excluding diaryl/α,β-unsaturated/α-hetero) is 2. The lowest BCUT2D eigenvalue weighted by atomic mass is 9.58. The van der Waals surface area contributed by atoms with E-state index in [1.165, 1.54) is 6.07 Å². The number of aromatic hydroxyl groups is 1. The summed E-state index contributed by atoms with van der Waals surface area (Å²) >= 11 is 0. The van der Waals surface area contributed by atoms with Gasteiger partial charge in [-0.3, -0.25) is 29.0 Å². The number of ketones is 2. The highest BCUT2D eigenvalue weighted by molar-refractivity contribution is 6.25. The Morgan fingerprint density at radius 3 is 2.40 bits per heavy atom. The molecule has 0 saturated carbocycles. The maximum atomic E-state index is 14.0. The van der Waals surface area contributed by atoms with Crippen LogP contribution in [-0.4, -0.2) is 114 Å². The minimum absolute atomic E-state index is 0.0158. The number of aliphatic hydroxyl groups excluding tert-OH is 2. The van der Waals surface area contributed by atoms with Gasteiger partial charge in [0, 0.05) is 31.3 Å². The Kier molecular flexibility index (Phi) is 7.54. The number of phenolic OH excluding ortho intramolecular Hbond substituents is 1. The first-order chi connectivity index (χ1) is 19.8. The molecule has 0 radical (unpaired) electrons. The van der Waals surface area contributed by atoms with E-state index < -0.39 is 63.8 Å². The second kappa shape index (κ2) is 10.7. The third kappa shape index (κ3) is 4.34. The van der Waals surface area contributed by atoms with Crippen molar-refractivity contribution in [3.8, 4) is 5.75 Å². The second-order valence-corrected chi connectivity index (χ2v) is 11.9. The van der Waals surface area contributed by atoms with E-state index in [-0.39, 0.29) is 36.3 Å². The maximum Gasteiger partial charge on any atom is 0.259 e. The molecule has 1 heterocycles. The van der Waals surface area contributed by atoms with E-state index in [0.717, 1.165) is 25.9 Å². The Morgan fingerprint density at radius 1 is 1.14 bits per heavy atom. The molecule has 1 aliphatic heterocycles. The van der Waals surface area contributed by atoms with E-state index in [4.69, 9.17) is 0 Å². The number of hydrogen-bond donors (Lipinski definition) is 6. The van der Waals surface area contributed by atoms with Gasteiger partial charge in [-0.15, -0.1) is 0 Å². The number of amides is 2. The van der Waals surface area contributed by atoms with Crippen molar-refractivity contribution in [1.29, 1.82) is 0 Å². The molecule has 4 atom stereocenters. The molecule has 1 aromatic carbocycles. The van der Waals surface area contributed by atoms with E-state index in [2.05, 4.69) is 10.6 Å². The van der Waals surface area contributed by atoms with Crippen LogP contribution in [-0.2, 0) is 20.8 Å². The number of hydrogen-bond acceptors (Lipinski definition) is 11. The van der Waals surface area contributed by atoms with Crippen molar-refractivity contribution in [2.75, 3.05) is 58.2 Å². The Bertz CT molecular complexity index is 1430. The summed E-state index contributed by atoms with van der Waals surface area (Å²) < 4.78 is 0. The highest BCUT2D eigenvalue weighted by Gasteiger charge is 2.63. The molecule has 13 heteroatoms. The predicted octanol–water partition coefficient (Wildman–Crippen LogP) is 0.439. The highest BCUT2D eigenvalue weighted by atomic mass is 16.3. The number of likely N-dealkylation sites (tertiary alicyclic amines) is 1. The van der Waals surface area contributed by atoms with Gasteiger partial charge in [0.2, 0.25) is 12.2 Å². The molecule has 4 aliphatic rings. The van der Waals surface area contributed by atoms with Gasteiger partial charge in [-0.25, -0.2) is 0 Å². The molecule has 1 saturated heterocycles. The average molecular weight is 584 g/mol. The fourth-order valence-electron chi connectivity index (χ4n) is 7.07. The van der Waals surface area contributed by atoms with Crippen molar-refractivity contribution in [2.45, 2.75) is 37.3 Å². The summed E-state index contributed by atoms with van der Waals surface area (Å²) in [6.45, 7) is 1.69. The first-order valence-corrected chi connectivity index (χ1v) is 14.0. The number of carbonyl (C=O) groups is 4. The lowest BCUT2D eigenvalue weighted by Gasteiger charge is -2.50. The molecule has 1 fully saturated rings. The van der Waals surface area contributed by atoms with Gasteiger partial charge in [0.1, 0.15) is 17.1 Å². The summed E-state index contributed by atoms with van der Waals surface area (Å²) in [5.74, 6) is -6.55. The predicted molar refractivity (Wildman–Crippen MR) is 152 cm³/mol. The molecule has 2 unspecified atom stereocenters. The number of rotatable bonds is 7. The van der Waals surface area contributed by atoms with E-state index >= 15 is 0 Å². The van der Waals surface area contributed by atoms with Crippen LogP contribution in [0, 0.1) is 11.8 Å². The number of phenols is 1. The number of fused-ring (bicyclic) bond motifs is 3. The van der Waals surface area contributed by atoms with Crippen molar-refractivity contribution in [3.05, 3.63) is 39.9 Å². The number of allylic oxidation sites excluding steroid dienone is 1. The van der Waals surface area contributed by atoms with Crippen molar-refractivity contribution < 1.29 is 39.6 Å². The van der Waals surface area contributed by atoms with Crippen LogP contribution in [0.15, 0.2) is 28.7 Å². The lowest BCUT2D eigenvalue weighted by molar-refractivity contribution is -0.148. The molecule has 3 aliphatic carbocycles. The summed E-state index contributed by atoms with van der Waals surface area (Å²) in [7, 11) is 6.73. The smallest absolute Gasteiger partial charge is 0.259 e. The standard InChI is InChI=1S/C29H37N5O8/c1-32(2)18-11-17(31-13-35)23(36)20-15(18)9-14-10-16-22(33(3)4)25(38)21(28(41)30-12-34-7-5-6-8-34)27(40)29(16,42)26(39)19(14)24(20)37/h11,13-14,16,22,36,38-39,42H,5-10,12H2,1-4H3,(H,30,41)(H,31,35)/t14?,16?,22-,29-/m0/s1. The van der Waals surface area contributed by atoms with Crippen LogP contribution >= 0.6 is 0 Å². The van der Waals surface area contributed by atoms with Gasteiger partial charge in [0.15, 0.2) is 17.1 Å². The lowest BCUT2D eigenvalue weighted by Crippen LogP contribution is -2.64. The summed E-state index contributed by atoms with van der Waals surface area (Å²) in [6, 6.07) is 0.513. The molecular formula is C29H37N5O8. The quantitative estimate of drug-likeness (QED) is 0.149. The number of nitrogens with zero attached hydrogens (tertiary/aromatic N) is 3.